The quantitative estimate of drug-likeness (QED) is 0.838. The average molecular weight is 292 g/mol. The van der Waals surface area contributed by atoms with Crippen LogP contribution < -0.4 is 5.32 Å². The number of rotatable bonds is 6. The molecule has 6 heteroatoms. The summed E-state index contributed by atoms with van der Waals surface area (Å²) in [6.07, 6.45) is -0.560. The van der Waals surface area contributed by atoms with Gasteiger partial charge in [-0.15, -0.1) is 0 Å². The van der Waals surface area contributed by atoms with Crippen molar-refractivity contribution in [2.75, 3.05) is 20.3 Å². The Balaban J connectivity index is 2.44. The lowest BCUT2D eigenvalue weighted by Crippen LogP contribution is -2.35. The van der Waals surface area contributed by atoms with Crippen molar-refractivity contribution in [3.8, 4) is 0 Å². The van der Waals surface area contributed by atoms with Crippen LogP contribution in [0.3, 0.4) is 0 Å². The van der Waals surface area contributed by atoms with E-state index in [0.29, 0.717) is 15.6 Å². The van der Waals surface area contributed by atoms with Crippen molar-refractivity contribution in [1.82, 2.24) is 5.32 Å². The molecule has 0 fully saturated rings. The number of benzene rings is 1. The van der Waals surface area contributed by atoms with Gasteiger partial charge in [0.25, 0.3) is 0 Å². The maximum absolute atomic E-state index is 11.6. The minimum Gasteiger partial charge on any atom is -0.389 e. The summed E-state index contributed by atoms with van der Waals surface area (Å²) in [7, 11) is 1.48. The molecular weight excluding hydrogens is 277 g/mol. The molecule has 1 aromatic rings. The molecule has 0 radical (unpaired) electrons. The summed E-state index contributed by atoms with van der Waals surface area (Å²) < 4.78 is 4.75. The molecule has 0 spiro atoms. The standard InChI is InChI=1S/C12H15Cl2NO3/c1-18-7-10(16)6-15-12(17)4-8-2-3-9(13)5-11(8)14/h2-3,5,10,16H,4,6-7H2,1H3,(H,15,17). The van der Waals surface area contributed by atoms with Gasteiger partial charge in [0.05, 0.1) is 19.1 Å². The van der Waals surface area contributed by atoms with E-state index < -0.39 is 6.10 Å². The third-order valence-corrected chi connectivity index (χ3v) is 2.85. The fourth-order valence-electron chi connectivity index (χ4n) is 1.38. The number of halogens is 2. The number of ether oxygens (including phenoxy) is 1. The highest BCUT2D eigenvalue weighted by atomic mass is 35.5. The molecule has 0 aliphatic rings. The van der Waals surface area contributed by atoms with Gasteiger partial charge in [-0.1, -0.05) is 29.3 Å². The van der Waals surface area contributed by atoms with Gasteiger partial charge in [0.1, 0.15) is 0 Å². The van der Waals surface area contributed by atoms with Gasteiger partial charge in [-0.25, -0.2) is 0 Å². The number of aliphatic hydroxyl groups excluding tert-OH is 1. The number of hydrogen-bond acceptors (Lipinski definition) is 3. The van der Waals surface area contributed by atoms with Gasteiger partial charge >= 0.3 is 0 Å². The van der Waals surface area contributed by atoms with Crippen LogP contribution in [-0.4, -0.2) is 37.4 Å². The monoisotopic (exact) mass is 291 g/mol. The number of hydrogen-bond donors (Lipinski definition) is 2. The number of carbonyl (C=O) groups is 1. The number of aliphatic hydroxyl groups is 1. The smallest absolute Gasteiger partial charge is 0.224 e. The molecule has 0 heterocycles. The Morgan fingerprint density at radius 1 is 1.50 bits per heavy atom. The lowest BCUT2D eigenvalue weighted by Gasteiger charge is -2.11. The first-order chi connectivity index (χ1) is 8.52. The molecule has 4 nitrogen and oxygen atoms in total. The van der Waals surface area contributed by atoms with Gasteiger partial charge in [0, 0.05) is 23.7 Å². The molecule has 0 aliphatic heterocycles. The summed E-state index contributed by atoms with van der Waals surface area (Å²) >= 11 is 11.7. The van der Waals surface area contributed by atoms with Crippen molar-refractivity contribution in [2.45, 2.75) is 12.5 Å². The second kappa shape index (κ2) is 7.59. The van der Waals surface area contributed by atoms with Gasteiger partial charge in [-0.3, -0.25) is 4.79 Å². The molecule has 1 unspecified atom stereocenters. The summed E-state index contributed by atoms with van der Waals surface area (Å²) in [6.45, 7) is 0.333. The lowest BCUT2D eigenvalue weighted by molar-refractivity contribution is -0.121. The van der Waals surface area contributed by atoms with Gasteiger partial charge in [0.2, 0.25) is 5.91 Å². The van der Waals surface area contributed by atoms with Crippen molar-refractivity contribution in [1.29, 1.82) is 0 Å². The zero-order valence-electron chi connectivity index (χ0n) is 9.95. The van der Waals surface area contributed by atoms with E-state index in [0.717, 1.165) is 0 Å². The third kappa shape index (κ3) is 5.23. The summed E-state index contributed by atoms with van der Waals surface area (Å²) in [6, 6.07) is 4.97. The van der Waals surface area contributed by atoms with Crippen LogP contribution in [0.1, 0.15) is 5.56 Å². The fraction of sp³-hybridized carbons (Fsp3) is 0.417. The minimum absolute atomic E-state index is 0.149. The van der Waals surface area contributed by atoms with E-state index in [1.165, 1.54) is 7.11 Å². The highest BCUT2D eigenvalue weighted by molar-refractivity contribution is 6.35. The Kier molecular flexibility index (Phi) is 6.43. The largest absolute Gasteiger partial charge is 0.389 e. The minimum atomic E-state index is -0.709. The van der Waals surface area contributed by atoms with Crippen LogP contribution >= 0.6 is 23.2 Å². The van der Waals surface area contributed by atoms with Gasteiger partial charge in [0.15, 0.2) is 0 Å². The predicted molar refractivity (Wildman–Crippen MR) is 71.1 cm³/mol. The van der Waals surface area contributed by atoms with E-state index in [9.17, 15) is 9.90 Å². The summed E-state index contributed by atoms with van der Waals surface area (Å²) in [5.41, 5.74) is 0.694. The number of carbonyl (C=O) groups excluding carboxylic acids is 1. The van der Waals surface area contributed by atoms with E-state index in [4.69, 9.17) is 27.9 Å². The summed E-state index contributed by atoms with van der Waals surface area (Å²) in [4.78, 5) is 11.6. The Morgan fingerprint density at radius 3 is 2.83 bits per heavy atom. The molecule has 100 valence electrons. The van der Waals surface area contributed by atoms with E-state index in [1.54, 1.807) is 18.2 Å². The van der Waals surface area contributed by atoms with E-state index in [-0.39, 0.29) is 25.5 Å². The predicted octanol–water partition coefficient (Wildman–Crippen LogP) is 1.66. The van der Waals surface area contributed by atoms with E-state index >= 15 is 0 Å². The maximum Gasteiger partial charge on any atom is 0.224 e. The summed E-state index contributed by atoms with van der Waals surface area (Å²) in [5.74, 6) is -0.214. The SMILES string of the molecule is COCC(O)CNC(=O)Cc1ccc(Cl)cc1Cl. The molecule has 1 amide bonds. The van der Waals surface area contributed by atoms with E-state index in [2.05, 4.69) is 5.32 Å². The molecule has 1 atom stereocenters. The van der Waals surface area contributed by atoms with Crippen molar-refractivity contribution < 1.29 is 14.6 Å². The van der Waals surface area contributed by atoms with Gasteiger partial charge in [-0.05, 0) is 17.7 Å². The number of methoxy groups -OCH3 is 1. The van der Waals surface area contributed by atoms with Crippen molar-refractivity contribution in [3.05, 3.63) is 33.8 Å². The van der Waals surface area contributed by atoms with Crippen LogP contribution in [0.25, 0.3) is 0 Å². The van der Waals surface area contributed by atoms with Crippen LogP contribution in [0.2, 0.25) is 10.0 Å². The number of nitrogens with one attached hydrogen (secondary N) is 1. The third-order valence-electron chi connectivity index (χ3n) is 2.26. The van der Waals surface area contributed by atoms with Crippen LogP contribution in [0.5, 0.6) is 0 Å². The molecule has 0 saturated heterocycles. The van der Waals surface area contributed by atoms with Crippen LogP contribution in [0.15, 0.2) is 18.2 Å². The first-order valence-electron chi connectivity index (χ1n) is 5.40. The first kappa shape index (κ1) is 15.2. The molecule has 0 bridgehead atoms. The average Bonchev–Trinajstić information content (AvgIpc) is 2.31. The highest BCUT2D eigenvalue weighted by Gasteiger charge is 2.09. The normalized spacial score (nSPS) is 12.2. The Hall–Kier alpha value is -0.810. The maximum atomic E-state index is 11.6. The summed E-state index contributed by atoms with van der Waals surface area (Å²) in [5, 5.41) is 13.0. The lowest BCUT2D eigenvalue weighted by atomic mass is 10.1. The van der Waals surface area contributed by atoms with Crippen LogP contribution in [-0.2, 0) is 16.0 Å². The topological polar surface area (TPSA) is 58.6 Å². The van der Waals surface area contributed by atoms with Crippen molar-refractivity contribution in [3.63, 3.8) is 0 Å². The molecule has 18 heavy (non-hydrogen) atoms. The van der Waals surface area contributed by atoms with Gasteiger partial charge < -0.3 is 15.2 Å². The second-order valence-electron chi connectivity index (χ2n) is 3.83. The van der Waals surface area contributed by atoms with Crippen LogP contribution in [0.4, 0.5) is 0 Å². The molecule has 1 rings (SSSR count). The molecule has 0 aromatic heterocycles. The fourth-order valence-corrected chi connectivity index (χ4v) is 1.86. The van der Waals surface area contributed by atoms with E-state index in [1.807, 2.05) is 0 Å². The first-order valence-corrected chi connectivity index (χ1v) is 6.16. The zero-order chi connectivity index (χ0) is 13.5. The molecule has 0 saturated carbocycles. The number of amides is 1. The van der Waals surface area contributed by atoms with Crippen molar-refractivity contribution >= 4 is 29.1 Å². The zero-order valence-corrected chi connectivity index (χ0v) is 11.5. The van der Waals surface area contributed by atoms with Gasteiger partial charge in [-0.2, -0.15) is 0 Å². The van der Waals surface area contributed by atoms with Crippen molar-refractivity contribution in [2.24, 2.45) is 0 Å². The Labute approximate surface area is 116 Å². The highest BCUT2D eigenvalue weighted by Crippen LogP contribution is 2.21. The molecule has 0 aliphatic carbocycles. The second-order valence-corrected chi connectivity index (χ2v) is 4.67. The van der Waals surface area contributed by atoms with Crippen LogP contribution in [0, 0.1) is 0 Å². The molecule has 1 aromatic carbocycles. The Morgan fingerprint density at radius 2 is 2.22 bits per heavy atom. The Bertz CT molecular complexity index is 412. The molecular formula is C12H15Cl2NO3. The molecule has 2 N–H and O–H groups in total.